The molecule has 2 unspecified atom stereocenters. The minimum absolute atomic E-state index is 0.0434. The number of aryl methyl sites for hydroxylation is 2. The van der Waals surface area contributed by atoms with Crippen LogP contribution >= 0.6 is 58.0 Å². The Morgan fingerprint density at radius 2 is 1.54 bits per heavy atom. The molecule has 1 aliphatic rings. The molecule has 0 bridgehead atoms. The van der Waals surface area contributed by atoms with Gasteiger partial charge in [-0.2, -0.15) is 0 Å². The Hall–Kier alpha value is -1.82. The van der Waals surface area contributed by atoms with E-state index in [9.17, 15) is 14.0 Å². The number of carbonyl (C=O) groups excluding carboxylic acids is 2. The number of hydrogen-bond acceptors (Lipinski definition) is 2. The average Bonchev–Trinajstić information content (AvgIpc) is 3.33. The minimum atomic E-state index is -1.33. The topological polar surface area (TPSA) is 46.2 Å². The highest BCUT2D eigenvalue weighted by atomic mass is 35.5. The van der Waals surface area contributed by atoms with Crippen LogP contribution in [0.25, 0.3) is 0 Å². The number of nitrogens with one attached hydrogen (secondary N) is 1. The van der Waals surface area contributed by atoms with Crippen molar-refractivity contribution in [2.45, 2.75) is 30.5 Å². The summed E-state index contributed by atoms with van der Waals surface area (Å²) in [4.78, 5) is 26.1. The molecule has 3 nitrogen and oxygen atoms in total. The number of benzene rings is 3. The van der Waals surface area contributed by atoms with Crippen molar-refractivity contribution in [3.05, 3.63) is 97.2 Å². The van der Waals surface area contributed by atoms with E-state index in [1.54, 1.807) is 38.1 Å². The Kier molecular flexibility index (Phi) is 7.43. The molecule has 1 saturated carbocycles. The Morgan fingerprint density at radius 1 is 0.943 bits per heavy atom. The molecule has 0 aromatic heterocycles. The van der Waals surface area contributed by atoms with E-state index in [4.69, 9.17) is 58.0 Å². The lowest BCUT2D eigenvalue weighted by Gasteiger charge is -2.12. The second-order valence-electron chi connectivity index (χ2n) is 8.63. The predicted octanol–water partition coefficient (Wildman–Crippen LogP) is 8.35. The molecule has 1 N–H and O–H groups in total. The largest absolute Gasteiger partial charge is 0.326 e. The molecule has 2 atom stereocenters. The van der Waals surface area contributed by atoms with Crippen molar-refractivity contribution in [3.8, 4) is 0 Å². The number of halogens is 6. The van der Waals surface area contributed by atoms with Crippen LogP contribution < -0.4 is 5.32 Å². The summed E-state index contributed by atoms with van der Waals surface area (Å²) in [7, 11) is 0. The van der Waals surface area contributed by atoms with Gasteiger partial charge in [-0.3, -0.25) is 9.59 Å². The number of Topliss-reactive ketones (excluding diaryl/α,β-unsaturated/α-hetero) is 1. The Morgan fingerprint density at radius 3 is 2.14 bits per heavy atom. The number of carbonyl (C=O) groups is 2. The van der Waals surface area contributed by atoms with Crippen molar-refractivity contribution in [1.82, 2.24) is 0 Å². The van der Waals surface area contributed by atoms with Crippen molar-refractivity contribution >= 4 is 75.4 Å². The second kappa shape index (κ2) is 9.91. The minimum Gasteiger partial charge on any atom is -0.326 e. The van der Waals surface area contributed by atoms with Crippen molar-refractivity contribution in [1.29, 1.82) is 0 Å². The van der Waals surface area contributed by atoms with Crippen molar-refractivity contribution in [2.75, 3.05) is 5.32 Å². The SMILES string of the molecule is Cc1cc(F)cc(C)c1CC(=O)c1cc(NC(=O)C2C(c3cc(Cl)cc(Cl)c3)C2(Cl)Cl)ccc1Cl. The van der Waals surface area contributed by atoms with Crippen molar-refractivity contribution in [3.63, 3.8) is 0 Å². The highest BCUT2D eigenvalue weighted by molar-refractivity contribution is 6.53. The van der Waals surface area contributed by atoms with E-state index >= 15 is 0 Å². The zero-order valence-corrected chi connectivity index (χ0v) is 22.3. The summed E-state index contributed by atoms with van der Waals surface area (Å²) < 4.78 is 12.3. The highest BCUT2D eigenvalue weighted by Crippen LogP contribution is 2.65. The fourth-order valence-electron chi connectivity index (χ4n) is 4.33. The van der Waals surface area contributed by atoms with Crippen LogP contribution in [0, 0.1) is 25.6 Å². The summed E-state index contributed by atoms with van der Waals surface area (Å²) in [5, 5.41) is 3.84. The number of rotatable bonds is 6. The smallest absolute Gasteiger partial charge is 0.231 e. The maximum absolute atomic E-state index is 13.6. The molecular weight excluding hydrogens is 555 g/mol. The lowest BCUT2D eigenvalue weighted by atomic mass is 9.95. The van der Waals surface area contributed by atoms with Crippen LogP contribution in [0.4, 0.5) is 10.1 Å². The first-order chi connectivity index (χ1) is 16.4. The Balaban J connectivity index is 1.53. The molecule has 0 spiro atoms. The van der Waals surface area contributed by atoms with Gasteiger partial charge in [0, 0.05) is 33.6 Å². The van der Waals surface area contributed by atoms with Crippen LogP contribution in [0.3, 0.4) is 0 Å². The summed E-state index contributed by atoms with van der Waals surface area (Å²) in [6, 6.07) is 12.3. The lowest BCUT2D eigenvalue weighted by Crippen LogP contribution is -2.17. The van der Waals surface area contributed by atoms with E-state index < -0.39 is 22.1 Å². The van der Waals surface area contributed by atoms with Gasteiger partial charge in [-0.1, -0.05) is 34.8 Å². The zero-order chi connectivity index (χ0) is 25.7. The van der Waals surface area contributed by atoms with Crippen LogP contribution in [-0.4, -0.2) is 16.0 Å². The van der Waals surface area contributed by atoms with E-state index in [-0.39, 0.29) is 28.6 Å². The van der Waals surface area contributed by atoms with Crippen LogP contribution in [0.2, 0.25) is 15.1 Å². The lowest BCUT2D eigenvalue weighted by molar-refractivity contribution is -0.117. The molecule has 1 fully saturated rings. The molecule has 3 aromatic rings. The van der Waals surface area contributed by atoms with Gasteiger partial charge in [0.05, 0.1) is 10.9 Å². The highest BCUT2D eigenvalue weighted by Gasteiger charge is 2.67. The fourth-order valence-corrected chi connectivity index (χ4v) is 5.93. The standard InChI is InChI=1S/C26H19Cl5FNO2/c1-12-5-17(32)6-13(2)19(12)11-22(34)20-10-18(3-4-21(20)29)33-25(35)24-23(26(24,30)31)14-7-15(27)9-16(28)8-14/h3-10,23-24H,11H2,1-2H3,(H,33,35). The van der Waals surface area contributed by atoms with E-state index in [0.717, 1.165) is 5.56 Å². The summed E-state index contributed by atoms with van der Waals surface area (Å²) >= 11 is 31.3. The third-order valence-electron chi connectivity index (χ3n) is 6.11. The maximum atomic E-state index is 13.6. The number of anilines is 1. The van der Waals surface area contributed by atoms with E-state index in [1.807, 2.05) is 0 Å². The number of ketones is 1. The first kappa shape index (κ1) is 26.2. The molecular formula is C26H19Cl5FNO2. The van der Waals surface area contributed by atoms with E-state index in [1.165, 1.54) is 24.3 Å². The molecule has 35 heavy (non-hydrogen) atoms. The van der Waals surface area contributed by atoms with Crippen LogP contribution in [0.5, 0.6) is 0 Å². The van der Waals surface area contributed by atoms with Crippen molar-refractivity contribution < 1.29 is 14.0 Å². The Bertz CT molecular complexity index is 1310. The second-order valence-corrected chi connectivity index (χ2v) is 11.4. The average molecular weight is 574 g/mol. The molecule has 1 amide bonds. The maximum Gasteiger partial charge on any atom is 0.231 e. The first-order valence-corrected chi connectivity index (χ1v) is 12.5. The van der Waals surface area contributed by atoms with Gasteiger partial charge in [-0.05, 0) is 84.6 Å². The number of alkyl halides is 2. The van der Waals surface area contributed by atoms with Gasteiger partial charge in [-0.25, -0.2) is 4.39 Å². The van der Waals surface area contributed by atoms with E-state index in [0.29, 0.717) is 32.4 Å². The van der Waals surface area contributed by atoms with Gasteiger partial charge in [-0.15, -0.1) is 23.2 Å². The van der Waals surface area contributed by atoms with Gasteiger partial charge < -0.3 is 5.32 Å². The van der Waals surface area contributed by atoms with Crippen molar-refractivity contribution in [2.24, 2.45) is 5.92 Å². The number of hydrogen-bond donors (Lipinski definition) is 1. The monoisotopic (exact) mass is 571 g/mol. The molecule has 0 saturated heterocycles. The summed E-state index contributed by atoms with van der Waals surface area (Å²) in [6.07, 6.45) is 0.0434. The van der Waals surface area contributed by atoms with Gasteiger partial charge in [0.1, 0.15) is 10.2 Å². The summed E-state index contributed by atoms with van der Waals surface area (Å²) in [5.74, 6) is -2.28. The molecule has 182 valence electrons. The normalized spacial score (nSPS) is 18.3. The molecule has 0 heterocycles. The van der Waals surface area contributed by atoms with Crippen LogP contribution in [-0.2, 0) is 11.2 Å². The van der Waals surface area contributed by atoms with Crippen LogP contribution in [0.1, 0.15) is 38.5 Å². The molecule has 4 rings (SSSR count). The molecule has 9 heteroatoms. The van der Waals surface area contributed by atoms with Gasteiger partial charge in [0.15, 0.2) is 5.78 Å². The van der Waals surface area contributed by atoms with Gasteiger partial charge in [0.2, 0.25) is 5.91 Å². The molecule has 1 aliphatic carbocycles. The third kappa shape index (κ3) is 5.47. The molecule has 0 aliphatic heterocycles. The Labute approximate surface area is 227 Å². The van der Waals surface area contributed by atoms with Gasteiger partial charge in [0.25, 0.3) is 0 Å². The molecule has 3 aromatic carbocycles. The first-order valence-electron chi connectivity index (χ1n) is 10.6. The predicted molar refractivity (Wildman–Crippen MR) is 141 cm³/mol. The quantitative estimate of drug-likeness (QED) is 0.238. The fraction of sp³-hybridized carbons (Fsp3) is 0.231. The summed E-state index contributed by atoms with van der Waals surface area (Å²) in [5.41, 5.74) is 3.36. The zero-order valence-electron chi connectivity index (χ0n) is 18.6. The summed E-state index contributed by atoms with van der Waals surface area (Å²) in [6.45, 7) is 3.50. The number of amides is 1. The van der Waals surface area contributed by atoms with Crippen LogP contribution in [0.15, 0.2) is 48.5 Å². The molecule has 0 radical (unpaired) electrons. The third-order valence-corrected chi connectivity index (χ3v) is 7.82. The van der Waals surface area contributed by atoms with Gasteiger partial charge >= 0.3 is 0 Å². The van der Waals surface area contributed by atoms with E-state index in [2.05, 4.69) is 5.32 Å².